The van der Waals surface area contributed by atoms with Gasteiger partial charge in [0, 0.05) is 0 Å². The largest absolute Gasteiger partial charge is 0.465 e. The van der Waals surface area contributed by atoms with Crippen LogP contribution in [0, 0.1) is 23.7 Å². The molecule has 0 spiro atoms. The quantitative estimate of drug-likeness (QED) is 0.419. The summed E-state index contributed by atoms with van der Waals surface area (Å²) in [6.07, 6.45) is 10.1. The van der Waals surface area contributed by atoms with Crippen LogP contribution in [0.15, 0.2) is 23.8 Å². The molecule has 4 nitrogen and oxygen atoms in total. The molecule has 0 heterocycles. The lowest BCUT2D eigenvalue weighted by molar-refractivity contribution is -0.149. The number of carbonyl (C=O) groups excluding carboxylic acids is 2. The van der Waals surface area contributed by atoms with E-state index in [2.05, 4.69) is 19.6 Å². The Morgan fingerprint density at radius 2 is 1.39 bits per heavy atom. The molecule has 0 N–H and O–H groups in total. The molecule has 1 atom stereocenters. The molecule has 0 amide bonds. The molecule has 0 saturated heterocycles. The maximum absolute atomic E-state index is 11.2. The molecule has 0 radical (unpaired) electrons. The maximum Gasteiger partial charge on any atom is 0.308 e. The van der Waals surface area contributed by atoms with E-state index in [1.165, 1.54) is 11.1 Å². The zero-order valence-electron chi connectivity index (χ0n) is 18.6. The first-order valence-electron chi connectivity index (χ1n) is 10.8. The molecule has 0 aromatic rings. The van der Waals surface area contributed by atoms with Crippen LogP contribution in [-0.2, 0) is 19.1 Å². The summed E-state index contributed by atoms with van der Waals surface area (Å²) >= 11 is 0. The average molecular weight is 393 g/mol. The van der Waals surface area contributed by atoms with Crippen LogP contribution in [0.5, 0.6) is 0 Å². The zero-order chi connectivity index (χ0) is 21.1. The standard InChI is InChI=1S/2C12H20O2/c2*1-9(2)12(13)14-8-11-6-4-10(3)5-7-11/h4,9,11H,5-8H2,1-3H3;9,11H,3-8H2,1-2H3. The van der Waals surface area contributed by atoms with Crippen LogP contribution in [-0.4, -0.2) is 25.2 Å². The lowest BCUT2D eigenvalue weighted by atomic mass is 9.87. The van der Waals surface area contributed by atoms with Crippen LogP contribution in [0.2, 0.25) is 0 Å². The van der Waals surface area contributed by atoms with Crippen molar-refractivity contribution < 1.29 is 19.1 Å². The van der Waals surface area contributed by atoms with Gasteiger partial charge in [-0.15, -0.1) is 0 Å². The topological polar surface area (TPSA) is 52.6 Å². The van der Waals surface area contributed by atoms with E-state index in [-0.39, 0.29) is 23.8 Å². The summed E-state index contributed by atoms with van der Waals surface area (Å²) in [7, 11) is 0. The molecule has 0 aromatic heterocycles. The van der Waals surface area contributed by atoms with Gasteiger partial charge >= 0.3 is 11.9 Å². The van der Waals surface area contributed by atoms with E-state index in [4.69, 9.17) is 9.47 Å². The van der Waals surface area contributed by atoms with Crippen molar-refractivity contribution in [1.29, 1.82) is 0 Å². The number of carbonyl (C=O) groups is 2. The fourth-order valence-electron chi connectivity index (χ4n) is 3.16. The van der Waals surface area contributed by atoms with Gasteiger partial charge in [0.2, 0.25) is 0 Å². The summed E-state index contributed by atoms with van der Waals surface area (Å²) in [5, 5.41) is 0. The molecule has 160 valence electrons. The number of hydrogen-bond donors (Lipinski definition) is 0. The Labute approximate surface area is 171 Å². The number of allylic oxidation sites excluding steroid dienone is 3. The third kappa shape index (κ3) is 10.1. The van der Waals surface area contributed by atoms with Crippen molar-refractivity contribution >= 4 is 11.9 Å². The molecule has 2 aliphatic carbocycles. The minimum atomic E-state index is -0.0746. The van der Waals surface area contributed by atoms with Gasteiger partial charge < -0.3 is 9.47 Å². The van der Waals surface area contributed by atoms with Crippen molar-refractivity contribution in [2.75, 3.05) is 13.2 Å². The fraction of sp³-hybridized carbons (Fsp3) is 0.750. The second kappa shape index (κ2) is 12.8. The van der Waals surface area contributed by atoms with E-state index in [0.29, 0.717) is 25.0 Å². The van der Waals surface area contributed by atoms with Gasteiger partial charge in [0.25, 0.3) is 0 Å². The molecule has 1 saturated carbocycles. The van der Waals surface area contributed by atoms with Gasteiger partial charge in [-0.3, -0.25) is 9.59 Å². The number of hydrogen-bond acceptors (Lipinski definition) is 4. The van der Waals surface area contributed by atoms with Crippen molar-refractivity contribution in [3.8, 4) is 0 Å². The van der Waals surface area contributed by atoms with Crippen molar-refractivity contribution in [1.82, 2.24) is 0 Å². The summed E-state index contributed by atoms with van der Waals surface area (Å²) in [5.41, 5.74) is 2.81. The van der Waals surface area contributed by atoms with Crippen LogP contribution in [0.25, 0.3) is 0 Å². The highest BCUT2D eigenvalue weighted by atomic mass is 16.5. The molecule has 0 aromatic carbocycles. The maximum atomic E-state index is 11.2. The lowest BCUT2D eigenvalue weighted by Crippen LogP contribution is -2.19. The van der Waals surface area contributed by atoms with Gasteiger partial charge in [0.05, 0.1) is 25.0 Å². The lowest BCUT2D eigenvalue weighted by Gasteiger charge is -2.23. The first-order valence-corrected chi connectivity index (χ1v) is 10.8. The van der Waals surface area contributed by atoms with Crippen LogP contribution in [0.3, 0.4) is 0 Å². The van der Waals surface area contributed by atoms with Crippen LogP contribution in [0.1, 0.15) is 79.6 Å². The highest BCUT2D eigenvalue weighted by Crippen LogP contribution is 2.27. The molecule has 4 heteroatoms. The predicted octanol–water partition coefficient (Wildman–Crippen LogP) is 5.86. The van der Waals surface area contributed by atoms with Gasteiger partial charge in [-0.2, -0.15) is 0 Å². The highest BCUT2D eigenvalue weighted by Gasteiger charge is 2.18. The average Bonchev–Trinajstić information content (AvgIpc) is 2.67. The minimum absolute atomic E-state index is 0.00383. The monoisotopic (exact) mass is 392 g/mol. The van der Waals surface area contributed by atoms with E-state index in [1.807, 2.05) is 27.7 Å². The number of rotatable bonds is 6. The van der Waals surface area contributed by atoms with Crippen LogP contribution in [0.4, 0.5) is 0 Å². The first kappa shape index (κ1) is 24.5. The molecule has 2 aliphatic rings. The van der Waals surface area contributed by atoms with E-state index in [1.54, 1.807) is 0 Å². The SMILES string of the molecule is C=C1CCC(COC(=O)C(C)C)CC1.CC1=CCC(COC(=O)C(C)C)CC1. The highest BCUT2D eigenvalue weighted by molar-refractivity contribution is 5.71. The van der Waals surface area contributed by atoms with Crippen LogP contribution < -0.4 is 0 Å². The fourth-order valence-corrected chi connectivity index (χ4v) is 3.16. The Kier molecular flexibility index (Phi) is 11.2. The van der Waals surface area contributed by atoms with Gasteiger partial charge in [-0.05, 0) is 63.7 Å². The van der Waals surface area contributed by atoms with E-state index in [0.717, 1.165) is 44.9 Å². The molecule has 0 bridgehead atoms. The van der Waals surface area contributed by atoms with Crippen molar-refractivity contribution in [3.63, 3.8) is 0 Å². The third-order valence-electron chi connectivity index (χ3n) is 5.42. The molecule has 1 fully saturated rings. The van der Waals surface area contributed by atoms with Gasteiger partial charge in [0.1, 0.15) is 0 Å². The zero-order valence-corrected chi connectivity index (χ0v) is 18.6. The van der Waals surface area contributed by atoms with Gasteiger partial charge in [0.15, 0.2) is 0 Å². The molecular formula is C24H40O4. The van der Waals surface area contributed by atoms with Crippen molar-refractivity contribution in [2.45, 2.75) is 79.6 Å². The second-order valence-corrected chi connectivity index (χ2v) is 8.95. The van der Waals surface area contributed by atoms with Crippen molar-refractivity contribution in [3.05, 3.63) is 23.8 Å². The normalized spacial score (nSPS) is 20.3. The van der Waals surface area contributed by atoms with Gasteiger partial charge in [-0.1, -0.05) is 51.5 Å². The Balaban J connectivity index is 0.000000280. The molecular weight excluding hydrogens is 352 g/mol. The molecule has 0 aliphatic heterocycles. The molecule has 1 unspecified atom stereocenters. The Morgan fingerprint density at radius 3 is 1.82 bits per heavy atom. The third-order valence-corrected chi connectivity index (χ3v) is 5.42. The summed E-state index contributed by atoms with van der Waals surface area (Å²) in [5.74, 6) is 0.944. The summed E-state index contributed by atoms with van der Waals surface area (Å²) in [6, 6.07) is 0. The van der Waals surface area contributed by atoms with E-state index >= 15 is 0 Å². The first-order chi connectivity index (χ1) is 13.2. The van der Waals surface area contributed by atoms with Crippen molar-refractivity contribution in [2.24, 2.45) is 23.7 Å². The van der Waals surface area contributed by atoms with Gasteiger partial charge in [-0.25, -0.2) is 0 Å². The smallest absolute Gasteiger partial charge is 0.308 e. The van der Waals surface area contributed by atoms with E-state index < -0.39 is 0 Å². The Bertz CT molecular complexity index is 535. The molecule has 2 rings (SSSR count). The Hall–Kier alpha value is -1.58. The summed E-state index contributed by atoms with van der Waals surface area (Å²) in [6.45, 7) is 14.8. The molecule has 28 heavy (non-hydrogen) atoms. The van der Waals surface area contributed by atoms with Crippen LogP contribution >= 0.6 is 0 Å². The number of ether oxygens (including phenoxy) is 2. The summed E-state index contributed by atoms with van der Waals surface area (Å²) < 4.78 is 10.4. The minimum Gasteiger partial charge on any atom is -0.465 e. The van der Waals surface area contributed by atoms with E-state index in [9.17, 15) is 9.59 Å². The second-order valence-electron chi connectivity index (χ2n) is 8.95. The Morgan fingerprint density at radius 1 is 0.929 bits per heavy atom. The predicted molar refractivity (Wildman–Crippen MR) is 114 cm³/mol. The number of esters is 2. The summed E-state index contributed by atoms with van der Waals surface area (Å²) in [4.78, 5) is 22.4.